The average Bonchev–Trinajstić information content (AvgIpc) is 3.45. The minimum absolute atomic E-state index is 0.0157. The topological polar surface area (TPSA) is 161 Å². The van der Waals surface area contributed by atoms with Gasteiger partial charge in [-0.2, -0.15) is 0 Å². The first kappa shape index (κ1) is 32.5. The molecule has 1 heterocycles. The second-order valence-electron chi connectivity index (χ2n) is 11.3. The number of amides is 1. The number of benzene rings is 3. The van der Waals surface area contributed by atoms with Crippen LogP contribution in [-0.4, -0.2) is 52.9 Å². The third-order valence-corrected chi connectivity index (χ3v) is 8.70. The normalized spacial score (nSPS) is 22.6. The highest BCUT2D eigenvalue weighted by atomic mass is 79.9. The van der Waals surface area contributed by atoms with Gasteiger partial charge in [-0.15, -0.1) is 0 Å². The van der Waals surface area contributed by atoms with Gasteiger partial charge in [0.2, 0.25) is 5.90 Å². The van der Waals surface area contributed by atoms with E-state index in [0.717, 1.165) is 34.0 Å². The Bertz CT molecular complexity index is 1520. The number of rotatable bonds is 13. The van der Waals surface area contributed by atoms with Gasteiger partial charge in [-0.25, -0.2) is 10.4 Å². The van der Waals surface area contributed by atoms with Gasteiger partial charge in [0.05, 0.1) is 19.3 Å². The number of carbonyl (C=O) groups is 1. The predicted octanol–water partition coefficient (Wildman–Crippen LogP) is 5.44. The van der Waals surface area contributed by atoms with Crippen LogP contribution in [0.2, 0.25) is 0 Å². The zero-order valence-electron chi connectivity index (χ0n) is 24.8. The first-order chi connectivity index (χ1) is 21.9. The number of hydrazine groups is 1. The number of halogens is 1. The van der Waals surface area contributed by atoms with Crippen molar-refractivity contribution >= 4 is 27.7 Å². The maximum absolute atomic E-state index is 14.5. The van der Waals surface area contributed by atoms with Gasteiger partial charge in [-0.3, -0.25) is 10.2 Å². The SMILES string of the molecule is [N-]=[N+]=NCc1ccccc1C[C@]1(C(=O)NNC2CCC(O)CC2)N=C(c2ccc(OCCCO)cc2)O[C@H]1c1ccc(Br)cc1. The number of aliphatic hydroxyl groups excluding tert-OH is 2. The maximum Gasteiger partial charge on any atom is 0.266 e. The molecule has 0 aromatic heterocycles. The van der Waals surface area contributed by atoms with Crippen molar-refractivity contribution in [1.82, 2.24) is 10.9 Å². The molecule has 0 spiro atoms. The van der Waals surface area contributed by atoms with Crippen LogP contribution in [0.15, 0.2) is 87.4 Å². The summed E-state index contributed by atoms with van der Waals surface area (Å²) in [5.41, 5.74) is 16.8. The third-order valence-electron chi connectivity index (χ3n) is 8.17. The van der Waals surface area contributed by atoms with E-state index in [2.05, 4.69) is 36.8 Å². The van der Waals surface area contributed by atoms with Crippen LogP contribution in [0.1, 0.15) is 60.5 Å². The van der Waals surface area contributed by atoms with Crippen molar-refractivity contribution in [2.24, 2.45) is 10.1 Å². The van der Waals surface area contributed by atoms with Gasteiger partial charge in [0, 0.05) is 40.4 Å². The standard InChI is InChI=1S/C33H37BrN6O5/c34-26-10-6-22(7-11-26)30-33(20-24-4-1-2-5-25(24)21-36-40-35,32(43)39-38-27-12-14-28(42)15-13-27)37-31(45-30)23-8-16-29(17-9-23)44-19-3-18-41/h1-2,4-11,16-17,27-28,30,38,41-42H,3,12-15,18-21H2,(H,39,43)/t27?,28?,30-,33-/m0/s1. The Morgan fingerprint density at radius 2 is 1.78 bits per heavy atom. The lowest BCUT2D eigenvalue weighted by molar-refractivity contribution is -0.130. The van der Waals surface area contributed by atoms with Crippen LogP contribution in [-0.2, 0) is 22.5 Å². The van der Waals surface area contributed by atoms with E-state index in [-0.39, 0.29) is 37.6 Å². The van der Waals surface area contributed by atoms with Gasteiger partial charge in [-0.1, -0.05) is 57.4 Å². The molecule has 1 fully saturated rings. The zero-order chi connectivity index (χ0) is 31.6. The third kappa shape index (κ3) is 8.02. The number of hydrogen-bond acceptors (Lipinski definition) is 8. The molecule has 2 atom stereocenters. The molecular weight excluding hydrogens is 640 g/mol. The fourth-order valence-corrected chi connectivity index (χ4v) is 5.96. The van der Waals surface area contributed by atoms with Gasteiger partial charge < -0.3 is 19.7 Å². The molecule has 12 heteroatoms. The Morgan fingerprint density at radius 1 is 1.07 bits per heavy atom. The number of hydrogen-bond donors (Lipinski definition) is 4. The number of nitrogens with one attached hydrogen (secondary N) is 2. The Balaban J connectivity index is 1.55. The van der Waals surface area contributed by atoms with E-state index in [9.17, 15) is 9.90 Å². The first-order valence-corrected chi connectivity index (χ1v) is 15.9. The molecule has 3 aromatic carbocycles. The number of carbonyl (C=O) groups excluding carboxylic acids is 1. The number of aliphatic hydroxyl groups is 2. The van der Waals surface area contributed by atoms with Crippen LogP contribution >= 0.6 is 15.9 Å². The highest BCUT2D eigenvalue weighted by Gasteiger charge is 2.53. The largest absolute Gasteiger partial charge is 0.494 e. The minimum atomic E-state index is -1.44. The van der Waals surface area contributed by atoms with Crippen molar-refractivity contribution < 1.29 is 24.5 Å². The second-order valence-corrected chi connectivity index (χ2v) is 12.2. The number of nitrogens with zero attached hydrogens (tertiary/aromatic N) is 4. The Morgan fingerprint density at radius 3 is 2.47 bits per heavy atom. The van der Waals surface area contributed by atoms with Gasteiger partial charge in [0.25, 0.3) is 5.91 Å². The van der Waals surface area contributed by atoms with Crippen molar-refractivity contribution in [3.05, 3.63) is 110 Å². The van der Waals surface area contributed by atoms with E-state index >= 15 is 0 Å². The summed E-state index contributed by atoms with van der Waals surface area (Å²) in [6, 6.07) is 22.5. The molecule has 1 amide bonds. The number of ether oxygens (including phenoxy) is 2. The molecule has 45 heavy (non-hydrogen) atoms. The second kappa shape index (κ2) is 15.4. The summed E-state index contributed by atoms with van der Waals surface area (Å²) in [6.07, 6.45) is 2.39. The molecular formula is C33H37BrN6O5. The van der Waals surface area contributed by atoms with Crippen molar-refractivity contribution in [1.29, 1.82) is 0 Å². The molecule has 236 valence electrons. The predicted molar refractivity (Wildman–Crippen MR) is 173 cm³/mol. The number of azide groups is 1. The summed E-state index contributed by atoms with van der Waals surface area (Å²) in [5, 5.41) is 22.8. The minimum Gasteiger partial charge on any atom is -0.494 e. The highest BCUT2D eigenvalue weighted by molar-refractivity contribution is 9.10. The molecule has 11 nitrogen and oxygen atoms in total. The molecule has 4 N–H and O–H groups in total. The molecule has 5 rings (SSSR count). The molecule has 1 aliphatic carbocycles. The lowest BCUT2D eigenvalue weighted by Crippen LogP contribution is -2.56. The van der Waals surface area contributed by atoms with Crippen molar-refractivity contribution in [3.8, 4) is 5.75 Å². The summed E-state index contributed by atoms with van der Waals surface area (Å²) in [7, 11) is 0. The van der Waals surface area contributed by atoms with Crippen molar-refractivity contribution in [2.45, 2.75) is 68.9 Å². The Labute approximate surface area is 270 Å². The summed E-state index contributed by atoms with van der Waals surface area (Å²) in [6.45, 7) is 0.573. The summed E-state index contributed by atoms with van der Waals surface area (Å²) >= 11 is 3.51. The van der Waals surface area contributed by atoms with E-state index in [1.807, 2.05) is 72.8 Å². The maximum atomic E-state index is 14.5. The van der Waals surface area contributed by atoms with Gasteiger partial charge in [0.1, 0.15) is 5.75 Å². The zero-order valence-corrected chi connectivity index (χ0v) is 26.4. The van der Waals surface area contributed by atoms with E-state index in [1.165, 1.54) is 0 Å². The van der Waals surface area contributed by atoms with Gasteiger partial charge >= 0.3 is 0 Å². The van der Waals surface area contributed by atoms with E-state index in [4.69, 9.17) is 25.1 Å². The molecule has 3 aromatic rings. The fourth-order valence-electron chi connectivity index (χ4n) is 5.70. The fraction of sp³-hybridized carbons (Fsp3) is 0.394. The van der Waals surface area contributed by atoms with Crippen LogP contribution in [0.3, 0.4) is 0 Å². The molecule has 0 radical (unpaired) electrons. The lowest BCUT2D eigenvalue weighted by Gasteiger charge is -2.33. The van der Waals surface area contributed by atoms with Crippen molar-refractivity contribution in [3.63, 3.8) is 0 Å². The van der Waals surface area contributed by atoms with E-state index in [1.54, 1.807) is 0 Å². The van der Waals surface area contributed by atoms with Gasteiger partial charge in [0.15, 0.2) is 11.6 Å². The van der Waals surface area contributed by atoms with Crippen LogP contribution in [0.5, 0.6) is 5.75 Å². The van der Waals surface area contributed by atoms with E-state index in [0.29, 0.717) is 43.1 Å². The molecule has 1 saturated carbocycles. The monoisotopic (exact) mass is 676 g/mol. The molecule has 0 saturated heterocycles. The van der Waals surface area contributed by atoms with Crippen LogP contribution in [0.25, 0.3) is 10.4 Å². The number of aliphatic imine (C=N–C) groups is 1. The Hall–Kier alpha value is -3.93. The Kier molecular flexibility index (Phi) is 11.1. The van der Waals surface area contributed by atoms with Crippen LogP contribution in [0, 0.1) is 0 Å². The molecule has 0 unspecified atom stereocenters. The first-order valence-electron chi connectivity index (χ1n) is 15.1. The highest BCUT2D eigenvalue weighted by Crippen LogP contribution is 2.43. The smallest absolute Gasteiger partial charge is 0.266 e. The van der Waals surface area contributed by atoms with Gasteiger partial charge in [-0.05, 0) is 84.3 Å². The molecule has 2 aliphatic rings. The lowest BCUT2D eigenvalue weighted by atomic mass is 9.81. The average molecular weight is 678 g/mol. The molecule has 1 aliphatic heterocycles. The quantitative estimate of drug-likeness (QED) is 0.0619. The van der Waals surface area contributed by atoms with Crippen LogP contribution in [0.4, 0.5) is 0 Å². The van der Waals surface area contributed by atoms with E-state index < -0.39 is 11.6 Å². The van der Waals surface area contributed by atoms with Crippen molar-refractivity contribution in [2.75, 3.05) is 13.2 Å². The summed E-state index contributed by atoms with van der Waals surface area (Å²) in [5.74, 6) is 0.598. The van der Waals surface area contributed by atoms with Crippen LogP contribution < -0.4 is 15.6 Å². The molecule has 0 bridgehead atoms. The summed E-state index contributed by atoms with van der Waals surface area (Å²) < 4.78 is 13.2. The summed E-state index contributed by atoms with van der Waals surface area (Å²) in [4.78, 5) is 22.5.